The highest BCUT2D eigenvalue weighted by Gasteiger charge is 2.33. The van der Waals surface area contributed by atoms with E-state index in [-0.39, 0.29) is 17.3 Å². The van der Waals surface area contributed by atoms with Gasteiger partial charge in [-0.2, -0.15) is 0 Å². The Morgan fingerprint density at radius 3 is 2.82 bits per heavy atom. The van der Waals surface area contributed by atoms with E-state index >= 15 is 0 Å². The Morgan fingerprint density at radius 2 is 2.18 bits per heavy atom. The van der Waals surface area contributed by atoms with Crippen LogP contribution in [0.4, 0.5) is 0 Å². The van der Waals surface area contributed by atoms with Gasteiger partial charge in [-0.15, -0.1) is 11.6 Å². The van der Waals surface area contributed by atoms with Crippen molar-refractivity contribution in [3.05, 3.63) is 21.6 Å². The maximum absolute atomic E-state index is 12.2. The van der Waals surface area contributed by atoms with Crippen LogP contribution >= 0.6 is 11.6 Å². The van der Waals surface area contributed by atoms with Crippen LogP contribution < -0.4 is 5.56 Å². The largest absolute Gasteiger partial charge is 0.337 e. The van der Waals surface area contributed by atoms with Gasteiger partial charge in [0.05, 0.1) is 17.5 Å². The molecule has 1 aromatic rings. The zero-order valence-corrected chi connectivity index (χ0v) is 10.7. The monoisotopic (exact) mass is 257 g/mol. The number of hydrogen-bond acceptors (Lipinski definition) is 2. The average Bonchev–Trinajstić information content (AvgIpc) is 2.69. The Hall–Kier alpha value is -1.23. The number of rotatable bonds is 2. The lowest BCUT2D eigenvalue weighted by atomic mass is 9.93. The molecular formula is C11H16ClN3O2. The molecule has 1 aliphatic heterocycles. The fraction of sp³-hybridized carbons (Fsp3) is 0.636. The number of H-pyrrole nitrogens is 2. The summed E-state index contributed by atoms with van der Waals surface area (Å²) in [5, 5.41) is 5.38. The van der Waals surface area contributed by atoms with E-state index in [2.05, 4.69) is 10.2 Å². The van der Waals surface area contributed by atoms with Crippen LogP contribution in [0.2, 0.25) is 0 Å². The minimum Gasteiger partial charge on any atom is -0.337 e. The predicted octanol–water partition coefficient (Wildman–Crippen LogP) is 0.853. The van der Waals surface area contributed by atoms with E-state index in [1.807, 2.05) is 13.8 Å². The van der Waals surface area contributed by atoms with Crippen LogP contribution in [0.15, 0.2) is 4.79 Å². The smallest absolute Gasteiger partial charge is 0.269 e. The van der Waals surface area contributed by atoms with Crippen LogP contribution in [0, 0.1) is 5.41 Å². The molecule has 0 aromatic carbocycles. The predicted molar refractivity (Wildman–Crippen MR) is 65.0 cm³/mol. The second-order valence-corrected chi connectivity index (χ2v) is 5.30. The molecule has 2 rings (SSSR count). The number of aromatic amines is 2. The summed E-state index contributed by atoms with van der Waals surface area (Å²) < 4.78 is 0. The summed E-state index contributed by atoms with van der Waals surface area (Å²) in [7, 11) is 0. The van der Waals surface area contributed by atoms with E-state index in [1.165, 1.54) is 0 Å². The molecule has 5 nitrogen and oxygen atoms in total. The van der Waals surface area contributed by atoms with E-state index in [1.54, 1.807) is 4.90 Å². The zero-order valence-electron chi connectivity index (χ0n) is 9.97. The average molecular weight is 258 g/mol. The second-order valence-electron chi connectivity index (χ2n) is 5.03. The maximum Gasteiger partial charge on any atom is 0.269 e. The molecule has 1 amide bonds. The number of halogens is 1. The van der Waals surface area contributed by atoms with Gasteiger partial charge in [-0.05, 0) is 13.8 Å². The van der Waals surface area contributed by atoms with Crippen molar-refractivity contribution in [3.63, 3.8) is 0 Å². The highest BCUT2D eigenvalue weighted by Crippen LogP contribution is 2.24. The van der Waals surface area contributed by atoms with Gasteiger partial charge in [0, 0.05) is 24.5 Å². The number of fused-ring (bicyclic) bond motifs is 1. The Labute approximate surface area is 104 Å². The van der Waals surface area contributed by atoms with Crippen molar-refractivity contribution in [2.24, 2.45) is 5.41 Å². The lowest BCUT2D eigenvalue weighted by molar-refractivity contribution is -0.140. The third kappa shape index (κ3) is 2.11. The first-order chi connectivity index (χ1) is 7.95. The standard InChI is InChI=1S/C11H16ClN3O2/c1-11(2,6-12)10(17)15-4-3-8-7(5-15)9(16)14-13-8/h3-6H2,1-2H3,(H2,13,14,16). The van der Waals surface area contributed by atoms with Gasteiger partial charge in [-0.1, -0.05) is 0 Å². The molecule has 0 saturated heterocycles. The van der Waals surface area contributed by atoms with Crippen molar-refractivity contribution in [1.29, 1.82) is 0 Å². The molecule has 2 heterocycles. The number of alkyl halides is 1. The Bertz CT molecular complexity index is 489. The third-order valence-electron chi connectivity index (χ3n) is 3.15. The van der Waals surface area contributed by atoms with Crippen LogP contribution in [0.5, 0.6) is 0 Å². The van der Waals surface area contributed by atoms with Crippen LogP contribution in [-0.4, -0.2) is 33.4 Å². The highest BCUT2D eigenvalue weighted by molar-refractivity contribution is 6.19. The number of nitrogens with zero attached hydrogens (tertiary/aromatic N) is 1. The molecule has 0 atom stereocenters. The van der Waals surface area contributed by atoms with Gasteiger partial charge in [0.1, 0.15) is 0 Å². The molecule has 0 unspecified atom stereocenters. The first-order valence-electron chi connectivity index (χ1n) is 5.59. The number of carbonyl (C=O) groups is 1. The summed E-state index contributed by atoms with van der Waals surface area (Å²) in [6, 6.07) is 0. The molecule has 0 fully saturated rings. The first-order valence-corrected chi connectivity index (χ1v) is 6.13. The van der Waals surface area contributed by atoms with E-state index < -0.39 is 5.41 Å². The lowest BCUT2D eigenvalue weighted by Gasteiger charge is -2.32. The summed E-state index contributed by atoms with van der Waals surface area (Å²) in [6.07, 6.45) is 0.679. The summed E-state index contributed by atoms with van der Waals surface area (Å²) in [6.45, 7) is 4.63. The molecule has 0 spiro atoms. The Kier molecular flexibility index (Phi) is 3.03. The summed E-state index contributed by atoms with van der Waals surface area (Å²) >= 11 is 5.80. The van der Waals surface area contributed by atoms with Gasteiger partial charge in [0.15, 0.2) is 0 Å². The number of aromatic nitrogens is 2. The van der Waals surface area contributed by atoms with Gasteiger partial charge in [0.25, 0.3) is 5.56 Å². The number of carbonyl (C=O) groups excluding carboxylic acids is 1. The van der Waals surface area contributed by atoms with Crippen LogP contribution in [0.1, 0.15) is 25.1 Å². The van der Waals surface area contributed by atoms with Crippen molar-refractivity contribution >= 4 is 17.5 Å². The molecule has 94 valence electrons. The molecule has 6 heteroatoms. The Morgan fingerprint density at radius 1 is 1.47 bits per heavy atom. The maximum atomic E-state index is 12.2. The molecule has 0 aliphatic carbocycles. The van der Waals surface area contributed by atoms with Crippen LogP contribution in [0.25, 0.3) is 0 Å². The normalized spacial score (nSPS) is 15.8. The van der Waals surface area contributed by atoms with Crippen molar-refractivity contribution in [1.82, 2.24) is 15.1 Å². The second kappa shape index (κ2) is 4.22. The molecule has 0 radical (unpaired) electrons. The first kappa shape index (κ1) is 12.2. The van der Waals surface area contributed by atoms with Crippen LogP contribution in [0.3, 0.4) is 0 Å². The summed E-state index contributed by atoms with van der Waals surface area (Å²) in [4.78, 5) is 25.4. The van der Waals surface area contributed by atoms with E-state index in [9.17, 15) is 9.59 Å². The van der Waals surface area contributed by atoms with Crippen molar-refractivity contribution < 1.29 is 4.79 Å². The van der Waals surface area contributed by atoms with Crippen molar-refractivity contribution in [3.8, 4) is 0 Å². The lowest BCUT2D eigenvalue weighted by Crippen LogP contribution is -2.45. The quantitative estimate of drug-likeness (QED) is 0.772. The molecule has 17 heavy (non-hydrogen) atoms. The molecular weight excluding hydrogens is 242 g/mol. The molecule has 2 N–H and O–H groups in total. The van der Waals surface area contributed by atoms with E-state index in [0.29, 0.717) is 25.1 Å². The SMILES string of the molecule is CC(C)(CCl)C(=O)N1CCc2[nH][nH]c(=O)c2C1. The fourth-order valence-corrected chi connectivity index (χ4v) is 2.09. The van der Waals surface area contributed by atoms with Gasteiger partial charge in [-0.25, -0.2) is 0 Å². The van der Waals surface area contributed by atoms with Crippen LogP contribution in [-0.2, 0) is 17.8 Å². The number of hydrogen-bond donors (Lipinski definition) is 2. The number of amides is 1. The summed E-state index contributed by atoms with van der Waals surface area (Å²) in [5.74, 6) is 0.275. The third-order valence-corrected chi connectivity index (χ3v) is 3.81. The van der Waals surface area contributed by atoms with E-state index in [4.69, 9.17) is 11.6 Å². The minimum atomic E-state index is -0.581. The topological polar surface area (TPSA) is 69.0 Å². The van der Waals surface area contributed by atoms with Gasteiger partial charge in [-0.3, -0.25) is 14.7 Å². The van der Waals surface area contributed by atoms with Gasteiger partial charge in [0.2, 0.25) is 5.91 Å². The van der Waals surface area contributed by atoms with Crippen molar-refractivity contribution in [2.45, 2.75) is 26.8 Å². The zero-order chi connectivity index (χ0) is 12.6. The molecule has 0 bridgehead atoms. The summed E-state index contributed by atoms with van der Waals surface area (Å²) in [5.41, 5.74) is 0.848. The molecule has 1 aliphatic rings. The molecule has 1 aromatic heterocycles. The fourth-order valence-electron chi connectivity index (χ4n) is 1.98. The van der Waals surface area contributed by atoms with Crippen molar-refractivity contribution in [2.75, 3.05) is 12.4 Å². The highest BCUT2D eigenvalue weighted by atomic mass is 35.5. The molecule has 0 saturated carbocycles. The Balaban J connectivity index is 2.20. The number of nitrogens with one attached hydrogen (secondary N) is 2. The van der Waals surface area contributed by atoms with Gasteiger partial charge < -0.3 is 10.00 Å². The minimum absolute atomic E-state index is 0.00116. The van der Waals surface area contributed by atoms with E-state index in [0.717, 1.165) is 5.69 Å². The van der Waals surface area contributed by atoms with Gasteiger partial charge >= 0.3 is 0 Å².